The first-order valence-corrected chi connectivity index (χ1v) is 6.98. The van der Waals surface area contributed by atoms with Crippen LogP contribution in [0.2, 0.25) is 0 Å². The van der Waals surface area contributed by atoms with Crippen molar-refractivity contribution in [3.05, 3.63) is 62.4 Å². The second kappa shape index (κ2) is 6.53. The summed E-state index contributed by atoms with van der Waals surface area (Å²) in [5.74, 6) is -0.661. The Bertz CT molecular complexity index is 662. The molecular weight excluding hydrogens is 341 g/mol. The standard InChI is InChI=1S/C14H13BrFN3O2/c15-11-7-13(14(19(20)21)8-12(11)16)18-6-5-9-1-3-10(17)4-2-9/h1-4,7-8,18H,5-6,17H2. The third kappa shape index (κ3) is 3.91. The molecule has 0 spiro atoms. The highest BCUT2D eigenvalue weighted by Crippen LogP contribution is 2.30. The van der Waals surface area contributed by atoms with Gasteiger partial charge in [0.25, 0.3) is 5.69 Å². The van der Waals surface area contributed by atoms with Gasteiger partial charge in [0.15, 0.2) is 0 Å². The SMILES string of the molecule is Nc1ccc(CCNc2cc(Br)c(F)cc2[N+](=O)[O-])cc1. The summed E-state index contributed by atoms with van der Waals surface area (Å²) in [6.45, 7) is 0.489. The maximum absolute atomic E-state index is 13.4. The van der Waals surface area contributed by atoms with Gasteiger partial charge in [0, 0.05) is 12.2 Å². The van der Waals surface area contributed by atoms with E-state index in [9.17, 15) is 14.5 Å². The molecule has 0 bridgehead atoms. The molecule has 0 fully saturated rings. The Hall–Kier alpha value is -2.15. The molecule has 110 valence electrons. The summed E-state index contributed by atoms with van der Waals surface area (Å²) in [4.78, 5) is 10.3. The molecule has 21 heavy (non-hydrogen) atoms. The largest absolute Gasteiger partial charge is 0.399 e. The molecule has 2 aromatic rings. The maximum atomic E-state index is 13.4. The van der Waals surface area contributed by atoms with Crippen LogP contribution in [0.15, 0.2) is 40.9 Å². The van der Waals surface area contributed by atoms with Gasteiger partial charge in [0.2, 0.25) is 0 Å². The minimum Gasteiger partial charge on any atom is -0.399 e. The van der Waals surface area contributed by atoms with E-state index >= 15 is 0 Å². The normalized spacial score (nSPS) is 10.4. The van der Waals surface area contributed by atoms with Crippen molar-refractivity contribution < 1.29 is 9.31 Å². The number of hydrogen-bond acceptors (Lipinski definition) is 4. The van der Waals surface area contributed by atoms with Gasteiger partial charge in [0.1, 0.15) is 11.5 Å². The molecule has 0 heterocycles. The van der Waals surface area contributed by atoms with Crippen molar-refractivity contribution in [1.82, 2.24) is 0 Å². The van der Waals surface area contributed by atoms with Crippen LogP contribution in [0.25, 0.3) is 0 Å². The van der Waals surface area contributed by atoms with Crippen molar-refractivity contribution in [2.24, 2.45) is 0 Å². The van der Waals surface area contributed by atoms with E-state index in [1.54, 1.807) is 12.1 Å². The smallest absolute Gasteiger partial charge is 0.295 e. The molecule has 0 saturated heterocycles. The van der Waals surface area contributed by atoms with Gasteiger partial charge >= 0.3 is 0 Å². The highest BCUT2D eigenvalue weighted by atomic mass is 79.9. The van der Waals surface area contributed by atoms with E-state index in [0.717, 1.165) is 11.6 Å². The number of halogens is 2. The lowest BCUT2D eigenvalue weighted by atomic mass is 10.1. The van der Waals surface area contributed by atoms with E-state index in [2.05, 4.69) is 21.2 Å². The monoisotopic (exact) mass is 353 g/mol. The molecule has 2 rings (SSSR count). The van der Waals surface area contributed by atoms with E-state index in [4.69, 9.17) is 5.73 Å². The first-order chi connectivity index (χ1) is 9.97. The molecule has 0 unspecified atom stereocenters. The number of nitro benzene ring substituents is 1. The van der Waals surface area contributed by atoms with Gasteiger partial charge in [-0.3, -0.25) is 10.1 Å². The van der Waals surface area contributed by atoms with Crippen LogP contribution >= 0.6 is 15.9 Å². The number of nitrogens with zero attached hydrogens (tertiary/aromatic N) is 1. The molecule has 7 heteroatoms. The molecule has 0 atom stereocenters. The van der Waals surface area contributed by atoms with Crippen LogP contribution in [0.4, 0.5) is 21.5 Å². The third-order valence-electron chi connectivity index (χ3n) is 2.94. The molecule has 0 radical (unpaired) electrons. The molecule has 5 nitrogen and oxygen atoms in total. The van der Waals surface area contributed by atoms with Gasteiger partial charge in [0.05, 0.1) is 15.5 Å². The minimum absolute atomic E-state index is 0.183. The van der Waals surface area contributed by atoms with Crippen molar-refractivity contribution in [3.8, 4) is 0 Å². The lowest BCUT2D eigenvalue weighted by Gasteiger charge is -2.08. The Morgan fingerprint density at radius 1 is 1.29 bits per heavy atom. The lowest BCUT2D eigenvalue weighted by molar-refractivity contribution is -0.384. The second-order valence-corrected chi connectivity index (χ2v) is 5.31. The van der Waals surface area contributed by atoms with Gasteiger partial charge in [-0.1, -0.05) is 12.1 Å². The number of nitro groups is 1. The van der Waals surface area contributed by atoms with Gasteiger partial charge in [-0.25, -0.2) is 4.39 Å². The zero-order chi connectivity index (χ0) is 15.4. The van der Waals surface area contributed by atoms with Crippen molar-refractivity contribution in [2.45, 2.75) is 6.42 Å². The number of nitrogen functional groups attached to an aromatic ring is 1. The molecule has 0 aliphatic carbocycles. The minimum atomic E-state index is -0.661. The molecule has 3 N–H and O–H groups in total. The fourth-order valence-corrected chi connectivity index (χ4v) is 2.20. The molecule has 2 aromatic carbocycles. The van der Waals surface area contributed by atoms with Crippen LogP contribution in [-0.4, -0.2) is 11.5 Å². The van der Waals surface area contributed by atoms with Crippen LogP contribution in [0, 0.1) is 15.9 Å². The summed E-state index contributed by atoms with van der Waals surface area (Å²) in [6, 6.07) is 9.66. The summed E-state index contributed by atoms with van der Waals surface area (Å²) < 4.78 is 13.5. The number of rotatable bonds is 5. The lowest BCUT2D eigenvalue weighted by Crippen LogP contribution is -2.07. The second-order valence-electron chi connectivity index (χ2n) is 4.46. The van der Waals surface area contributed by atoms with Gasteiger partial charge in [-0.15, -0.1) is 0 Å². The predicted octanol–water partition coefficient (Wildman–Crippen LogP) is 3.73. The Morgan fingerprint density at radius 3 is 2.57 bits per heavy atom. The quantitative estimate of drug-likeness (QED) is 0.487. The summed E-state index contributed by atoms with van der Waals surface area (Å²) in [5, 5.41) is 13.9. The number of benzene rings is 2. The van der Waals surface area contributed by atoms with Crippen LogP contribution in [-0.2, 0) is 6.42 Å². The zero-order valence-corrected chi connectivity index (χ0v) is 12.6. The Labute approximate surface area is 129 Å². The summed E-state index contributed by atoms with van der Waals surface area (Å²) >= 11 is 3.02. The van der Waals surface area contributed by atoms with Gasteiger partial charge < -0.3 is 11.1 Å². The van der Waals surface area contributed by atoms with E-state index in [-0.39, 0.29) is 15.8 Å². The summed E-state index contributed by atoms with van der Waals surface area (Å²) in [6.07, 6.45) is 0.673. The highest BCUT2D eigenvalue weighted by molar-refractivity contribution is 9.10. The maximum Gasteiger partial charge on any atom is 0.295 e. The number of nitrogens with one attached hydrogen (secondary N) is 1. The fraction of sp³-hybridized carbons (Fsp3) is 0.143. The fourth-order valence-electron chi connectivity index (χ4n) is 1.85. The van der Waals surface area contributed by atoms with E-state index < -0.39 is 10.7 Å². The van der Waals surface area contributed by atoms with Crippen molar-refractivity contribution in [2.75, 3.05) is 17.6 Å². The number of nitrogens with two attached hydrogens (primary N) is 1. The van der Waals surface area contributed by atoms with Crippen molar-refractivity contribution >= 4 is 33.0 Å². The average Bonchev–Trinajstić information content (AvgIpc) is 2.44. The van der Waals surface area contributed by atoms with Crippen LogP contribution in [0.5, 0.6) is 0 Å². The van der Waals surface area contributed by atoms with Crippen LogP contribution in [0.3, 0.4) is 0 Å². The van der Waals surface area contributed by atoms with Crippen molar-refractivity contribution in [1.29, 1.82) is 0 Å². The van der Waals surface area contributed by atoms with Crippen LogP contribution < -0.4 is 11.1 Å². The van der Waals surface area contributed by atoms with E-state index in [1.165, 1.54) is 6.07 Å². The molecule has 0 aliphatic heterocycles. The molecular formula is C14H13BrFN3O2. The first-order valence-electron chi connectivity index (χ1n) is 6.19. The van der Waals surface area contributed by atoms with Crippen LogP contribution in [0.1, 0.15) is 5.56 Å². The Kier molecular flexibility index (Phi) is 4.74. The number of hydrogen-bond donors (Lipinski definition) is 2. The molecule has 0 saturated carbocycles. The predicted molar refractivity (Wildman–Crippen MR) is 83.8 cm³/mol. The Morgan fingerprint density at radius 2 is 1.95 bits per heavy atom. The number of anilines is 2. The average molecular weight is 354 g/mol. The van der Waals surface area contributed by atoms with E-state index in [0.29, 0.717) is 18.7 Å². The van der Waals surface area contributed by atoms with Gasteiger partial charge in [-0.2, -0.15) is 0 Å². The van der Waals surface area contributed by atoms with Crippen molar-refractivity contribution in [3.63, 3.8) is 0 Å². The zero-order valence-electron chi connectivity index (χ0n) is 11.0. The highest BCUT2D eigenvalue weighted by Gasteiger charge is 2.17. The summed E-state index contributed by atoms with van der Waals surface area (Å²) in [5.41, 5.74) is 7.34. The first kappa shape index (κ1) is 15.2. The van der Waals surface area contributed by atoms with Gasteiger partial charge in [-0.05, 0) is 46.1 Å². The molecule has 0 aliphatic rings. The summed E-state index contributed by atoms with van der Waals surface area (Å²) in [7, 11) is 0. The molecule has 0 amide bonds. The Balaban J connectivity index is 2.07. The third-order valence-corrected chi connectivity index (χ3v) is 3.55. The molecule has 0 aromatic heterocycles. The van der Waals surface area contributed by atoms with E-state index in [1.807, 2.05) is 12.1 Å². The topological polar surface area (TPSA) is 81.2 Å².